The quantitative estimate of drug-likeness (QED) is 0.784. The molecule has 1 aromatic rings. The summed E-state index contributed by atoms with van der Waals surface area (Å²) in [6, 6.07) is 3.92. The summed E-state index contributed by atoms with van der Waals surface area (Å²) in [5.41, 5.74) is 2.84. The van der Waals surface area contributed by atoms with Gasteiger partial charge in [-0.1, -0.05) is 32.9 Å². The Morgan fingerprint density at radius 2 is 1.80 bits per heavy atom. The van der Waals surface area contributed by atoms with Gasteiger partial charge in [0.2, 0.25) is 0 Å². The largest absolute Gasteiger partial charge is 0.507 e. The molecule has 0 saturated heterocycles. The molecule has 1 rings (SSSR count). The lowest BCUT2D eigenvalue weighted by Crippen LogP contribution is -2.12. The van der Waals surface area contributed by atoms with Gasteiger partial charge in [-0.05, 0) is 35.4 Å². The molecule has 2 N–H and O–H groups in total. The van der Waals surface area contributed by atoms with E-state index in [2.05, 4.69) is 20.8 Å². The van der Waals surface area contributed by atoms with E-state index in [1.54, 1.807) is 0 Å². The molecule has 0 heterocycles. The Kier molecular flexibility index (Phi) is 3.40. The zero-order valence-electron chi connectivity index (χ0n) is 9.96. The van der Waals surface area contributed by atoms with Crippen LogP contribution < -0.4 is 0 Å². The van der Waals surface area contributed by atoms with Gasteiger partial charge in [0.25, 0.3) is 0 Å². The summed E-state index contributed by atoms with van der Waals surface area (Å²) in [5, 5.41) is 18.9. The number of aliphatic hydroxyl groups is 1. The molecule has 0 aromatic heterocycles. The van der Waals surface area contributed by atoms with E-state index in [0.29, 0.717) is 12.2 Å². The van der Waals surface area contributed by atoms with E-state index in [0.717, 1.165) is 16.7 Å². The lowest BCUT2D eigenvalue weighted by Gasteiger charge is -2.22. The number of aryl methyl sites for hydroxylation is 1. The monoisotopic (exact) mass is 208 g/mol. The molecule has 0 amide bonds. The topological polar surface area (TPSA) is 40.5 Å². The Hall–Kier alpha value is -1.02. The molecule has 2 heteroatoms. The van der Waals surface area contributed by atoms with Gasteiger partial charge >= 0.3 is 0 Å². The minimum absolute atomic E-state index is 0.0691. The number of benzene rings is 1. The van der Waals surface area contributed by atoms with E-state index in [1.807, 2.05) is 19.1 Å². The van der Waals surface area contributed by atoms with Crippen molar-refractivity contribution in [1.29, 1.82) is 0 Å². The summed E-state index contributed by atoms with van der Waals surface area (Å²) in [7, 11) is 0. The highest BCUT2D eigenvalue weighted by Crippen LogP contribution is 2.34. The second-order valence-electron chi connectivity index (χ2n) is 5.03. The maximum absolute atomic E-state index is 9.96. The first kappa shape index (κ1) is 12.1. The SMILES string of the molecule is Cc1cc(CCO)cc(C(C)(C)C)c1O. The molecule has 0 aliphatic rings. The van der Waals surface area contributed by atoms with Crippen LogP contribution in [0.15, 0.2) is 12.1 Å². The molecular formula is C13H20O2. The molecule has 0 bridgehead atoms. The molecule has 0 spiro atoms. The van der Waals surface area contributed by atoms with E-state index in [4.69, 9.17) is 5.11 Å². The van der Waals surface area contributed by atoms with Crippen molar-refractivity contribution in [2.45, 2.75) is 39.5 Å². The number of aromatic hydroxyl groups is 1. The van der Waals surface area contributed by atoms with E-state index in [-0.39, 0.29) is 12.0 Å². The zero-order chi connectivity index (χ0) is 11.6. The van der Waals surface area contributed by atoms with Crippen LogP contribution in [0.4, 0.5) is 0 Å². The van der Waals surface area contributed by atoms with Crippen molar-refractivity contribution in [3.63, 3.8) is 0 Å². The summed E-state index contributed by atoms with van der Waals surface area (Å²) >= 11 is 0. The molecule has 0 unspecified atom stereocenters. The first-order valence-electron chi connectivity index (χ1n) is 5.30. The summed E-state index contributed by atoms with van der Waals surface area (Å²) in [5.74, 6) is 0.379. The van der Waals surface area contributed by atoms with Gasteiger partial charge < -0.3 is 10.2 Å². The normalized spacial score (nSPS) is 11.8. The van der Waals surface area contributed by atoms with Gasteiger partial charge in [0.1, 0.15) is 5.75 Å². The van der Waals surface area contributed by atoms with Crippen molar-refractivity contribution < 1.29 is 10.2 Å². The Morgan fingerprint density at radius 3 is 2.27 bits per heavy atom. The summed E-state index contributed by atoms with van der Waals surface area (Å²) in [4.78, 5) is 0. The van der Waals surface area contributed by atoms with Crippen molar-refractivity contribution in [2.75, 3.05) is 6.61 Å². The van der Waals surface area contributed by atoms with Crippen LogP contribution in [0, 0.1) is 6.92 Å². The number of hydrogen-bond acceptors (Lipinski definition) is 2. The molecule has 0 saturated carbocycles. The minimum atomic E-state index is -0.0691. The van der Waals surface area contributed by atoms with Crippen LogP contribution >= 0.6 is 0 Å². The highest BCUT2D eigenvalue weighted by atomic mass is 16.3. The van der Waals surface area contributed by atoms with Crippen molar-refractivity contribution >= 4 is 0 Å². The van der Waals surface area contributed by atoms with Crippen LogP contribution in [0.5, 0.6) is 5.75 Å². The lowest BCUT2D eigenvalue weighted by atomic mass is 9.84. The first-order chi connectivity index (χ1) is 6.86. The van der Waals surface area contributed by atoms with Gasteiger partial charge in [-0.3, -0.25) is 0 Å². The standard InChI is InChI=1S/C13H20O2/c1-9-7-10(5-6-14)8-11(12(9)15)13(2,3)4/h7-8,14-15H,5-6H2,1-4H3. The number of phenolic OH excluding ortho intramolecular Hbond substituents is 1. The summed E-state index contributed by atoms with van der Waals surface area (Å²) in [6.45, 7) is 8.26. The highest BCUT2D eigenvalue weighted by molar-refractivity contribution is 5.46. The number of aliphatic hydroxyl groups excluding tert-OH is 1. The van der Waals surface area contributed by atoms with Crippen molar-refractivity contribution in [3.8, 4) is 5.75 Å². The van der Waals surface area contributed by atoms with Crippen LogP contribution in [-0.4, -0.2) is 16.8 Å². The van der Waals surface area contributed by atoms with Crippen molar-refractivity contribution in [3.05, 3.63) is 28.8 Å². The summed E-state index contributed by atoms with van der Waals surface area (Å²) < 4.78 is 0. The van der Waals surface area contributed by atoms with Gasteiger partial charge in [-0.25, -0.2) is 0 Å². The Balaban J connectivity index is 3.25. The predicted molar refractivity (Wildman–Crippen MR) is 62.3 cm³/mol. The van der Waals surface area contributed by atoms with E-state index < -0.39 is 0 Å². The molecule has 0 fully saturated rings. The number of phenols is 1. The molecule has 15 heavy (non-hydrogen) atoms. The second kappa shape index (κ2) is 4.23. The minimum Gasteiger partial charge on any atom is -0.507 e. The molecule has 2 nitrogen and oxygen atoms in total. The average molecular weight is 208 g/mol. The maximum atomic E-state index is 9.96. The smallest absolute Gasteiger partial charge is 0.122 e. The Bertz CT molecular complexity index is 348. The van der Waals surface area contributed by atoms with Crippen LogP contribution in [0.2, 0.25) is 0 Å². The van der Waals surface area contributed by atoms with E-state index in [1.165, 1.54) is 0 Å². The average Bonchev–Trinajstić information content (AvgIpc) is 2.09. The van der Waals surface area contributed by atoms with Crippen LogP contribution in [0.3, 0.4) is 0 Å². The van der Waals surface area contributed by atoms with Crippen LogP contribution in [0.25, 0.3) is 0 Å². The van der Waals surface area contributed by atoms with Gasteiger partial charge in [0, 0.05) is 6.61 Å². The number of hydrogen-bond donors (Lipinski definition) is 2. The van der Waals surface area contributed by atoms with Gasteiger partial charge in [-0.2, -0.15) is 0 Å². The molecule has 0 atom stereocenters. The fourth-order valence-electron chi connectivity index (χ4n) is 1.70. The zero-order valence-corrected chi connectivity index (χ0v) is 9.96. The van der Waals surface area contributed by atoms with E-state index >= 15 is 0 Å². The third-order valence-corrected chi connectivity index (χ3v) is 2.57. The van der Waals surface area contributed by atoms with E-state index in [9.17, 15) is 5.11 Å². The van der Waals surface area contributed by atoms with Crippen molar-refractivity contribution in [1.82, 2.24) is 0 Å². The predicted octanol–water partition coefficient (Wildman–Crippen LogP) is 2.53. The molecule has 0 radical (unpaired) electrons. The molecular weight excluding hydrogens is 188 g/mol. The van der Waals surface area contributed by atoms with Gasteiger partial charge in [-0.15, -0.1) is 0 Å². The summed E-state index contributed by atoms with van der Waals surface area (Å²) in [6.07, 6.45) is 0.643. The molecule has 0 aliphatic carbocycles. The van der Waals surface area contributed by atoms with Crippen LogP contribution in [0.1, 0.15) is 37.5 Å². The Labute approximate surface area is 91.6 Å². The lowest BCUT2D eigenvalue weighted by molar-refractivity contribution is 0.299. The fourth-order valence-corrected chi connectivity index (χ4v) is 1.70. The molecule has 0 aliphatic heterocycles. The van der Waals surface area contributed by atoms with Gasteiger partial charge in [0.05, 0.1) is 0 Å². The van der Waals surface area contributed by atoms with Crippen molar-refractivity contribution in [2.24, 2.45) is 0 Å². The van der Waals surface area contributed by atoms with Gasteiger partial charge in [0.15, 0.2) is 0 Å². The second-order valence-corrected chi connectivity index (χ2v) is 5.03. The maximum Gasteiger partial charge on any atom is 0.122 e. The third kappa shape index (κ3) is 2.72. The fraction of sp³-hybridized carbons (Fsp3) is 0.538. The first-order valence-corrected chi connectivity index (χ1v) is 5.30. The van der Waals surface area contributed by atoms with Crippen LogP contribution in [-0.2, 0) is 11.8 Å². The third-order valence-electron chi connectivity index (χ3n) is 2.57. The number of rotatable bonds is 2. The highest BCUT2D eigenvalue weighted by Gasteiger charge is 2.19. The molecule has 1 aromatic carbocycles. The Morgan fingerprint density at radius 1 is 1.20 bits per heavy atom. The molecule has 84 valence electrons.